The van der Waals surface area contributed by atoms with Crippen LogP contribution in [0.15, 0.2) is 30.5 Å². The van der Waals surface area contributed by atoms with Crippen LogP contribution in [0.25, 0.3) is 0 Å². The molecule has 2 aliphatic rings. The van der Waals surface area contributed by atoms with Gasteiger partial charge in [-0.2, -0.15) is 5.26 Å². The second-order valence-corrected chi connectivity index (χ2v) is 7.87. The summed E-state index contributed by atoms with van der Waals surface area (Å²) in [5, 5.41) is 20.4. The molecule has 8 heteroatoms. The van der Waals surface area contributed by atoms with Gasteiger partial charge in [-0.1, -0.05) is 0 Å². The number of nitriles is 1. The Morgan fingerprint density at radius 2 is 2.27 bits per heavy atom. The van der Waals surface area contributed by atoms with E-state index in [0.29, 0.717) is 35.6 Å². The monoisotopic (exact) mass is 403 g/mol. The molecule has 30 heavy (non-hydrogen) atoms. The van der Waals surface area contributed by atoms with E-state index in [4.69, 9.17) is 16.4 Å². The number of nitrogens with one attached hydrogen (secondary N) is 2. The molecule has 1 saturated heterocycles. The third kappa shape index (κ3) is 3.84. The van der Waals surface area contributed by atoms with E-state index in [1.807, 2.05) is 24.0 Å². The molecule has 2 amide bonds. The quantitative estimate of drug-likeness (QED) is 0.523. The van der Waals surface area contributed by atoms with Crippen molar-refractivity contribution < 1.29 is 4.79 Å². The number of hydrogen-bond acceptors (Lipinski definition) is 6. The number of benzene rings is 1. The summed E-state index contributed by atoms with van der Waals surface area (Å²) in [4.78, 5) is 21.0. The van der Waals surface area contributed by atoms with E-state index in [1.165, 1.54) is 0 Å². The lowest BCUT2D eigenvalue weighted by Gasteiger charge is -2.34. The number of urea groups is 1. The number of amides is 2. The Morgan fingerprint density at radius 3 is 3.03 bits per heavy atom. The summed E-state index contributed by atoms with van der Waals surface area (Å²) >= 11 is 0. The second-order valence-electron chi connectivity index (χ2n) is 7.87. The van der Waals surface area contributed by atoms with Gasteiger partial charge in [0, 0.05) is 73.0 Å². The Labute approximate surface area is 175 Å². The van der Waals surface area contributed by atoms with Crippen LogP contribution in [0.3, 0.4) is 0 Å². The highest BCUT2D eigenvalue weighted by Gasteiger charge is 2.34. The Kier molecular flexibility index (Phi) is 5.38. The molecule has 1 aromatic heterocycles. The van der Waals surface area contributed by atoms with Gasteiger partial charge in [-0.3, -0.25) is 10.4 Å². The Morgan fingerprint density at radius 1 is 1.43 bits per heavy atom. The van der Waals surface area contributed by atoms with Crippen molar-refractivity contribution in [1.29, 1.82) is 10.7 Å². The van der Waals surface area contributed by atoms with Crippen LogP contribution in [-0.2, 0) is 6.54 Å². The lowest BCUT2D eigenvalue weighted by atomic mass is 9.96. The third-order valence-corrected chi connectivity index (χ3v) is 5.80. The molecular formula is C22H25N7O. The topological polar surface area (TPSA) is 122 Å². The molecule has 2 aliphatic heterocycles. The molecule has 154 valence electrons. The van der Waals surface area contributed by atoms with Gasteiger partial charge in [0.1, 0.15) is 0 Å². The zero-order valence-corrected chi connectivity index (χ0v) is 17.0. The van der Waals surface area contributed by atoms with E-state index < -0.39 is 0 Å². The van der Waals surface area contributed by atoms with Gasteiger partial charge in [0.2, 0.25) is 0 Å². The van der Waals surface area contributed by atoms with E-state index in [2.05, 4.69) is 21.3 Å². The number of carbonyl (C=O) groups excluding carboxylic acids is 1. The highest BCUT2D eigenvalue weighted by Crippen LogP contribution is 2.32. The van der Waals surface area contributed by atoms with Crippen LogP contribution in [0.1, 0.15) is 35.2 Å². The molecule has 1 unspecified atom stereocenters. The Bertz CT molecular complexity index is 1040. The Hall–Kier alpha value is -3.44. The smallest absolute Gasteiger partial charge is 0.322 e. The van der Waals surface area contributed by atoms with Crippen molar-refractivity contribution in [2.24, 2.45) is 0 Å². The van der Waals surface area contributed by atoms with Crippen LogP contribution in [0.4, 0.5) is 16.2 Å². The molecule has 0 saturated carbocycles. The molecule has 4 N–H and O–H groups in total. The number of hydrogen-bond donors (Lipinski definition) is 3. The lowest BCUT2D eigenvalue weighted by molar-refractivity contribution is 0.180. The zero-order chi connectivity index (χ0) is 21.3. The van der Waals surface area contributed by atoms with Crippen molar-refractivity contribution in [3.8, 4) is 6.07 Å². The van der Waals surface area contributed by atoms with Crippen molar-refractivity contribution in [1.82, 2.24) is 14.8 Å². The van der Waals surface area contributed by atoms with Gasteiger partial charge in [0.25, 0.3) is 0 Å². The molecule has 1 aromatic carbocycles. The number of fused-ring (bicyclic) bond motifs is 1. The average Bonchev–Trinajstić information content (AvgIpc) is 3.19. The van der Waals surface area contributed by atoms with Crippen LogP contribution in [0, 0.1) is 23.7 Å². The molecule has 3 heterocycles. The van der Waals surface area contributed by atoms with Gasteiger partial charge in [-0.25, -0.2) is 4.79 Å². The first-order valence-corrected chi connectivity index (χ1v) is 10.1. The van der Waals surface area contributed by atoms with Gasteiger partial charge >= 0.3 is 6.03 Å². The molecule has 0 spiro atoms. The van der Waals surface area contributed by atoms with Crippen molar-refractivity contribution in [2.45, 2.75) is 32.4 Å². The average molecular weight is 403 g/mol. The van der Waals surface area contributed by atoms with Gasteiger partial charge in [-0.15, -0.1) is 0 Å². The van der Waals surface area contributed by atoms with E-state index in [1.54, 1.807) is 18.3 Å². The maximum atomic E-state index is 12.7. The van der Waals surface area contributed by atoms with E-state index in [0.717, 1.165) is 42.9 Å². The molecular weight excluding hydrogens is 378 g/mol. The number of pyridine rings is 1. The van der Waals surface area contributed by atoms with Crippen LogP contribution in [-0.4, -0.2) is 52.2 Å². The zero-order valence-electron chi connectivity index (χ0n) is 17.0. The number of aromatic nitrogens is 1. The maximum Gasteiger partial charge on any atom is 0.322 e. The second kappa shape index (κ2) is 8.13. The number of rotatable bonds is 5. The highest BCUT2D eigenvalue weighted by molar-refractivity contribution is 6.14. The lowest BCUT2D eigenvalue weighted by Crippen LogP contribution is -2.46. The van der Waals surface area contributed by atoms with Crippen molar-refractivity contribution >= 4 is 23.1 Å². The van der Waals surface area contributed by atoms with E-state index in [-0.39, 0.29) is 12.1 Å². The molecule has 1 fully saturated rings. The first-order chi connectivity index (χ1) is 14.5. The van der Waals surface area contributed by atoms with Crippen LogP contribution >= 0.6 is 0 Å². The summed E-state index contributed by atoms with van der Waals surface area (Å²) in [5.41, 5.74) is 10.9. The number of carbonyl (C=O) groups is 1. The summed E-state index contributed by atoms with van der Waals surface area (Å²) in [6.45, 7) is 4.78. The van der Waals surface area contributed by atoms with Crippen LogP contribution < -0.4 is 11.1 Å². The van der Waals surface area contributed by atoms with Crippen LogP contribution in [0.2, 0.25) is 0 Å². The fourth-order valence-corrected chi connectivity index (χ4v) is 4.20. The van der Waals surface area contributed by atoms with Crippen molar-refractivity contribution in [3.05, 3.63) is 52.8 Å². The van der Waals surface area contributed by atoms with Crippen molar-refractivity contribution in [2.75, 3.05) is 30.7 Å². The fraction of sp³-hybridized carbons (Fsp3) is 0.364. The summed E-state index contributed by atoms with van der Waals surface area (Å²) < 4.78 is 0. The van der Waals surface area contributed by atoms with Gasteiger partial charge in [0.05, 0.1) is 11.8 Å². The minimum absolute atomic E-state index is 0.111. The molecule has 0 radical (unpaired) electrons. The predicted octanol–water partition coefficient (Wildman–Crippen LogP) is 2.72. The minimum atomic E-state index is -0.124. The standard InChI is InChI=1S/C22H25N7O/c1-14-9-15(3-6-26-14)21(25)18-10-16-12-29(22(30)27-20(16)11-19(18)24)17-4-8-28(13-17)7-2-5-23/h3,6,9-11,17,25H,2,4,7-8,12-13,24H2,1H3,(H,27,30). The molecule has 1 atom stereocenters. The minimum Gasteiger partial charge on any atom is -0.398 e. The first-order valence-electron chi connectivity index (χ1n) is 10.1. The van der Waals surface area contributed by atoms with Crippen LogP contribution in [0.5, 0.6) is 0 Å². The molecule has 0 aliphatic carbocycles. The number of nitrogens with zero attached hydrogens (tertiary/aromatic N) is 4. The summed E-state index contributed by atoms with van der Waals surface area (Å²) in [5.74, 6) is 0. The Balaban J connectivity index is 1.57. The largest absolute Gasteiger partial charge is 0.398 e. The number of aryl methyl sites for hydroxylation is 1. The number of nitrogens with two attached hydrogens (primary N) is 1. The van der Waals surface area contributed by atoms with Gasteiger partial charge < -0.3 is 20.9 Å². The predicted molar refractivity (Wildman–Crippen MR) is 115 cm³/mol. The van der Waals surface area contributed by atoms with Gasteiger partial charge in [0.15, 0.2) is 0 Å². The molecule has 2 aromatic rings. The molecule has 0 bridgehead atoms. The van der Waals surface area contributed by atoms with E-state index >= 15 is 0 Å². The van der Waals surface area contributed by atoms with Gasteiger partial charge in [-0.05, 0) is 43.2 Å². The first kappa shape index (κ1) is 19.9. The molecule has 8 nitrogen and oxygen atoms in total. The molecule has 4 rings (SSSR count). The SMILES string of the molecule is Cc1cc(C(=N)c2cc3c(cc2N)NC(=O)N(C2CCN(CCC#N)C2)C3)ccn1. The fourth-order valence-electron chi connectivity index (χ4n) is 4.20. The maximum absolute atomic E-state index is 12.7. The number of likely N-dealkylation sites (tertiary alicyclic amines) is 1. The van der Waals surface area contributed by atoms with E-state index in [9.17, 15) is 4.79 Å². The normalized spacial score (nSPS) is 18.6. The number of nitrogen functional groups attached to an aromatic ring is 1. The van der Waals surface area contributed by atoms with Crippen molar-refractivity contribution in [3.63, 3.8) is 0 Å². The summed E-state index contributed by atoms with van der Waals surface area (Å²) in [6.07, 6.45) is 3.08. The number of anilines is 2. The summed E-state index contributed by atoms with van der Waals surface area (Å²) in [6, 6.07) is 9.49. The summed E-state index contributed by atoms with van der Waals surface area (Å²) in [7, 11) is 0. The third-order valence-electron chi connectivity index (χ3n) is 5.80. The highest BCUT2D eigenvalue weighted by atomic mass is 16.2.